The zero-order valence-electron chi connectivity index (χ0n) is 21.5. The van der Waals surface area contributed by atoms with Crippen LogP contribution in [0.4, 0.5) is 5.95 Å². The minimum absolute atomic E-state index is 0.119. The Morgan fingerprint density at radius 1 is 1.11 bits per heavy atom. The molecule has 0 unspecified atom stereocenters. The average molecular weight is 583 g/mol. The fourth-order valence-electron chi connectivity index (χ4n) is 4.28. The first-order valence-corrected chi connectivity index (χ1v) is 13.4. The Morgan fingerprint density at radius 3 is 2.50 bits per heavy atom. The predicted molar refractivity (Wildman–Crippen MR) is 145 cm³/mol. The van der Waals surface area contributed by atoms with Crippen molar-refractivity contribution in [2.24, 2.45) is 5.92 Å². The predicted octanol–water partition coefficient (Wildman–Crippen LogP) is 3.67. The number of aromatic nitrogens is 4. The van der Waals surface area contributed by atoms with Crippen molar-refractivity contribution in [3.05, 3.63) is 70.0 Å². The fraction of sp³-hybridized carbons (Fsp3) is 0.407. The third kappa shape index (κ3) is 7.47. The minimum Gasteiger partial charge on any atom is -0.485 e. The maximum atomic E-state index is 13.1. The van der Waals surface area contributed by atoms with Crippen molar-refractivity contribution in [3.8, 4) is 5.75 Å². The summed E-state index contributed by atoms with van der Waals surface area (Å²) in [4.78, 5) is 45.1. The highest BCUT2D eigenvalue weighted by Crippen LogP contribution is 2.26. The number of esters is 1. The molecule has 1 aromatic carbocycles. The fourth-order valence-corrected chi connectivity index (χ4v) is 4.49. The second kappa shape index (κ2) is 13.3. The van der Waals surface area contributed by atoms with Gasteiger partial charge < -0.3 is 19.7 Å². The zero-order valence-corrected chi connectivity index (χ0v) is 23.1. The number of piperidine rings is 1. The molecule has 0 radical (unpaired) electrons. The monoisotopic (exact) mass is 582 g/mol. The van der Waals surface area contributed by atoms with Gasteiger partial charge >= 0.3 is 5.97 Å². The Hall–Kier alpha value is -3.60. The molecule has 4 rings (SSSR count). The Morgan fingerprint density at radius 2 is 1.82 bits per heavy atom. The summed E-state index contributed by atoms with van der Waals surface area (Å²) in [5.41, 5.74) is 1.65. The Kier molecular flexibility index (Phi) is 9.58. The number of carbonyl (C=O) groups is 2. The largest absolute Gasteiger partial charge is 0.485 e. The number of nitrogens with zero attached hydrogens (tertiary/aromatic N) is 5. The molecule has 1 aliphatic heterocycles. The number of carbonyl (C=O) groups excluding carboxylic acids is 2. The molecule has 200 valence electrons. The molecule has 0 atom stereocenters. The molecule has 1 aliphatic rings. The van der Waals surface area contributed by atoms with Crippen LogP contribution in [0.5, 0.6) is 5.75 Å². The number of hydrogen-bond acceptors (Lipinski definition) is 9. The molecular weight excluding hydrogens is 552 g/mol. The van der Waals surface area contributed by atoms with Gasteiger partial charge in [0.15, 0.2) is 11.4 Å². The molecule has 0 aliphatic carbocycles. The van der Waals surface area contributed by atoms with Crippen LogP contribution in [-0.2, 0) is 22.6 Å². The number of aryl methyl sites for hydroxylation is 1. The summed E-state index contributed by atoms with van der Waals surface area (Å²) < 4.78 is 11.8. The second-order valence-corrected chi connectivity index (χ2v) is 9.92. The van der Waals surface area contributed by atoms with Crippen molar-refractivity contribution in [2.75, 3.05) is 31.1 Å². The number of hydrogen-bond donors (Lipinski definition) is 1. The van der Waals surface area contributed by atoms with Crippen LogP contribution in [0.2, 0.25) is 0 Å². The maximum Gasteiger partial charge on any atom is 0.325 e. The Labute approximate surface area is 230 Å². The van der Waals surface area contributed by atoms with E-state index in [-0.39, 0.29) is 25.5 Å². The van der Waals surface area contributed by atoms with E-state index < -0.39 is 11.9 Å². The lowest BCUT2D eigenvalue weighted by Crippen LogP contribution is -2.35. The topological polar surface area (TPSA) is 119 Å². The number of halogens is 1. The molecule has 1 N–H and O–H groups in total. The summed E-state index contributed by atoms with van der Waals surface area (Å²) >= 11 is 3.37. The van der Waals surface area contributed by atoms with Gasteiger partial charge in [0.2, 0.25) is 5.95 Å². The molecule has 3 heterocycles. The quantitative estimate of drug-likeness (QED) is 0.357. The van der Waals surface area contributed by atoms with Gasteiger partial charge in [-0.1, -0.05) is 30.3 Å². The van der Waals surface area contributed by atoms with E-state index in [9.17, 15) is 9.59 Å². The lowest BCUT2D eigenvalue weighted by Gasteiger charge is -2.31. The van der Waals surface area contributed by atoms with E-state index in [1.807, 2.05) is 30.3 Å². The molecule has 1 saturated heterocycles. The number of anilines is 1. The highest BCUT2D eigenvalue weighted by atomic mass is 79.9. The van der Waals surface area contributed by atoms with Gasteiger partial charge in [0.05, 0.1) is 16.8 Å². The molecule has 0 spiro atoms. The van der Waals surface area contributed by atoms with Crippen LogP contribution in [0.15, 0.2) is 47.2 Å². The van der Waals surface area contributed by atoms with Crippen LogP contribution < -0.4 is 15.0 Å². The third-order valence-corrected chi connectivity index (χ3v) is 6.61. The first kappa shape index (κ1) is 27.4. The van der Waals surface area contributed by atoms with Crippen LogP contribution in [0.3, 0.4) is 0 Å². The van der Waals surface area contributed by atoms with Gasteiger partial charge in [0.25, 0.3) is 5.91 Å². The van der Waals surface area contributed by atoms with Gasteiger partial charge in [0.1, 0.15) is 19.0 Å². The van der Waals surface area contributed by atoms with Crippen molar-refractivity contribution in [3.63, 3.8) is 0 Å². The molecule has 3 aromatic rings. The van der Waals surface area contributed by atoms with E-state index in [2.05, 4.69) is 46.1 Å². The summed E-state index contributed by atoms with van der Waals surface area (Å²) in [5.74, 6) is 0.942. The van der Waals surface area contributed by atoms with Crippen molar-refractivity contribution in [1.82, 2.24) is 25.3 Å². The van der Waals surface area contributed by atoms with Gasteiger partial charge in [-0.25, -0.2) is 19.9 Å². The van der Waals surface area contributed by atoms with Crippen molar-refractivity contribution in [2.45, 2.75) is 39.7 Å². The molecule has 10 nitrogen and oxygen atoms in total. The molecular formula is C27H31BrN6O4. The van der Waals surface area contributed by atoms with E-state index >= 15 is 0 Å². The highest BCUT2D eigenvalue weighted by molar-refractivity contribution is 9.10. The SMILES string of the molecule is CCOC(=O)CNC(=O)c1nc(CC2CCN(c3ncc(Br)cn3)CC2)nc(C)c1OCc1ccccc1. The first-order chi connectivity index (χ1) is 18.4. The summed E-state index contributed by atoms with van der Waals surface area (Å²) in [7, 11) is 0. The summed E-state index contributed by atoms with van der Waals surface area (Å²) in [6, 6.07) is 9.66. The smallest absolute Gasteiger partial charge is 0.325 e. The Balaban J connectivity index is 1.47. The van der Waals surface area contributed by atoms with E-state index in [0.717, 1.165) is 41.9 Å². The summed E-state index contributed by atoms with van der Waals surface area (Å²) in [6.45, 7) is 5.43. The summed E-state index contributed by atoms with van der Waals surface area (Å²) in [6.07, 6.45) is 5.99. The average Bonchev–Trinajstić information content (AvgIpc) is 2.92. The van der Waals surface area contributed by atoms with Crippen LogP contribution in [-0.4, -0.2) is 58.1 Å². The van der Waals surface area contributed by atoms with Gasteiger partial charge in [-0.05, 0) is 54.1 Å². The molecule has 11 heteroatoms. The van der Waals surface area contributed by atoms with Crippen molar-refractivity contribution in [1.29, 1.82) is 0 Å². The van der Waals surface area contributed by atoms with E-state index in [1.54, 1.807) is 26.2 Å². The van der Waals surface area contributed by atoms with Gasteiger partial charge in [-0.2, -0.15) is 0 Å². The third-order valence-electron chi connectivity index (χ3n) is 6.20. The normalized spacial score (nSPS) is 13.7. The number of rotatable bonds is 10. The van der Waals surface area contributed by atoms with Crippen LogP contribution in [0, 0.1) is 12.8 Å². The van der Waals surface area contributed by atoms with Crippen LogP contribution in [0.1, 0.15) is 47.3 Å². The first-order valence-electron chi connectivity index (χ1n) is 12.6. The second-order valence-electron chi connectivity index (χ2n) is 9.00. The van der Waals surface area contributed by atoms with Crippen LogP contribution >= 0.6 is 15.9 Å². The van der Waals surface area contributed by atoms with E-state index in [1.165, 1.54) is 0 Å². The number of ether oxygens (including phenoxy) is 2. The van der Waals surface area contributed by atoms with E-state index in [0.29, 0.717) is 29.6 Å². The lowest BCUT2D eigenvalue weighted by molar-refractivity contribution is -0.141. The van der Waals surface area contributed by atoms with Crippen molar-refractivity contribution < 1.29 is 19.1 Å². The van der Waals surface area contributed by atoms with Gasteiger partial charge in [-0.15, -0.1) is 0 Å². The van der Waals surface area contributed by atoms with Gasteiger partial charge in [0, 0.05) is 31.9 Å². The lowest BCUT2D eigenvalue weighted by atomic mass is 9.93. The molecule has 0 bridgehead atoms. The van der Waals surface area contributed by atoms with Crippen LogP contribution in [0.25, 0.3) is 0 Å². The number of nitrogens with one attached hydrogen (secondary N) is 1. The highest BCUT2D eigenvalue weighted by Gasteiger charge is 2.25. The number of amides is 1. The van der Waals surface area contributed by atoms with Gasteiger partial charge in [-0.3, -0.25) is 9.59 Å². The molecule has 38 heavy (non-hydrogen) atoms. The Bertz CT molecular complexity index is 1230. The molecule has 0 saturated carbocycles. The molecule has 1 amide bonds. The molecule has 1 fully saturated rings. The molecule has 2 aromatic heterocycles. The standard InChI is InChI=1S/C27H31BrN6O4/c1-3-37-23(35)16-29-26(36)24-25(38-17-20-7-5-4-6-8-20)18(2)32-22(33-24)13-19-9-11-34(12-10-19)27-30-14-21(28)15-31-27/h4-8,14-15,19H,3,9-13,16-17H2,1-2H3,(H,29,36). The maximum absolute atomic E-state index is 13.1. The number of benzene rings is 1. The minimum atomic E-state index is -0.514. The van der Waals surface area contributed by atoms with E-state index in [4.69, 9.17) is 9.47 Å². The van der Waals surface area contributed by atoms with Crippen molar-refractivity contribution >= 4 is 33.8 Å². The zero-order chi connectivity index (χ0) is 26.9. The summed E-state index contributed by atoms with van der Waals surface area (Å²) in [5, 5.41) is 2.60.